The smallest absolute Gasteiger partial charge is 0.335 e. The maximum absolute atomic E-state index is 13.9. The molecule has 3 N–H and O–H groups in total. The summed E-state index contributed by atoms with van der Waals surface area (Å²) < 4.78 is 6.03. The molecule has 0 saturated carbocycles. The van der Waals surface area contributed by atoms with Crippen LogP contribution in [0.1, 0.15) is 51.5 Å². The number of nitrogens with zero attached hydrogens (tertiary/aromatic N) is 1. The number of amides is 3. The van der Waals surface area contributed by atoms with Gasteiger partial charge in [0.05, 0.1) is 24.1 Å². The summed E-state index contributed by atoms with van der Waals surface area (Å²) in [4.78, 5) is 39.6. The molecule has 8 nitrogen and oxygen atoms in total. The number of carbonyl (C=O) groups is 3. The second-order valence-corrected chi connectivity index (χ2v) is 10.8. The Morgan fingerprint density at radius 2 is 1.49 bits per heavy atom. The van der Waals surface area contributed by atoms with E-state index in [9.17, 15) is 14.4 Å². The fourth-order valence-electron chi connectivity index (χ4n) is 5.54. The van der Waals surface area contributed by atoms with Gasteiger partial charge in [0, 0.05) is 11.4 Å². The van der Waals surface area contributed by atoms with Crippen LogP contribution in [-0.2, 0) is 11.2 Å². The minimum absolute atomic E-state index is 0.00131. The normalized spacial score (nSPS) is 16.0. The van der Waals surface area contributed by atoms with Crippen molar-refractivity contribution in [3.63, 3.8) is 0 Å². The summed E-state index contributed by atoms with van der Waals surface area (Å²) in [5, 5.41) is 14.9. The van der Waals surface area contributed by atoms with Crippen LogP contribution in [0.5, 0.6) is 5.75 Å². The van der Waals surface area contributed by atoms with Crippen molar-refractivity contribution >= 4 is 29.3 Å². The first kappa shape index (κ1) is 29.4. The minimum Gasteiger partial charge on any atom is -0.491 e. The van der Waals surface area contributed by atoms with Crippen LogP contribution in [0, 0.1) is 13.8 Å². The van der Waals surface area contributed by atoms with E-state index in [0.717, 1.165) is 40.8 Å². The maximum Gasteiger partial charge on any atom is 0.335 e. The van der Waals surface area contributed by atoms with Gasteiger partial charge in [-0.15, -0.1) is 0 Å². The number of ether oxygens (including phenoxy) is 1. The van der Waals surface area contributed by atoms with E-state index in [-0.39, 0.29) is 36.0 Å². The topological polar surface area (TPSA) is 108 Å². The molecule has 8 heteroatoms. The van der Waals surface area contributed by atoms with Crippen LogP contribution >= 0.6 is 0 Å². The second kappa shape index (κ2) is 13.2. The summed E-state index contributed by atoms with van der Waals surface area (Å²) in [7, 11) is 0. The quantitative estimate of drug-likeness (QED) is 0.199. The van der Waals surface area contributed by atoms with Crippen molar-refractivity contribution in [1.29, 1.82) is 0 Å². The first-order valence-corrected chi connectivity index (χ1v) is 14.3. The second-order valence-electron chi connectivity index (χ2n) is 10.8. The molecule has 0 aromatic heterocycles. The Bertz CT molecular complexity index is 1600. The van der Waals surface area contributed by atoms with E-state index in [0.29, 0.717) is 18.0 Å². The van der Waals surface area contributed by atoms with Gasteiger partial charge in [0.15, 0.2) is 0 Å². The summed E-state index contributed by atoms with van der Waals surface area (Å²) in [6, 6.07) is 29.0. The van der Waals surface area contributed by atoms with Gasteiger partial charge in [-0.3, -0.25) is 4.79 Å². The van der Waals surface area contributed by atoms with Crippen LogP contribution in [0.25, 0.3) is 0 Å². The Kier molecular flexibility index (Phi) is 9.05. The molecule has 2 unspecified atom stereocenters. The van der Waals surface area contributed by atoms with Gasteiger partial charge in [0.2, 0.25) is 5.91 Å². The standard InChI is InChI=1S/C35H35N3O5/c1-23-8-6-7-11-30(23)36-35(42)37-31-18-12-25(20-24(31)2)21-33(39)38-28(15-19-32(38)26-9-4-3-5-10-26)22-43-29-16-13-27(14-17-29)34(40)41/h3-14,16-18,20,28,32H,15,19,21-22H2,1-2H3,(H,40,41)(H2,36,37,42). The molecule has 1 aliphatic heterocycles. The Labute approximate surface area is 251 Å². The Hall–Kier alpha value is -5.11. The first-order chi connectivity index (χ1) is 20.8. The van der Waals surface area contributed by atoms with E-state index in [1.807, 2.05) is 91.5 Å². The van der Waals surface area contributed by atoms with E-state index < -0.39 is 5.97 Å². The molecule has 1 saturated heterocycles. The molecule has 2 atom stereocenters. The lowest BCUT2D eigenvalue weighted by Gasteiger charge is -2.31. The molecule has 0 aliphatic carbocycles. The third-order valence-electron chi connectivity index (χ3n) is 7.81. The van der Waals surface area contributed by atoms with Crippen LogP contribution < -0.4 is 15.4 Å². The Morgan fingerprint density at radius 1 is 0.814 bits per heavy atom. The molecule has 3 amide bonds. The number of aromatic carboxylic acids is 1. The zero-order chi connectivity index (χ0) is 30.3. The number of aryl methyl sites for hydroxylation is 2. The van der Waals surface area contributed by atoms with Crippen LogP contribution in [0.4, 0.5) is 16.2 Å². The van der Waals surface area contributed by atoms with Crippen molar-refractivity contribution in [3.05, 3.63) is 125 Å². The number of anilines is 2. The van der Waals surface area contributed by atoms with E-state index in [4.69, 9.17) is 9.84 Å². The highest BCUT2D eigenvalue weighted by atomic mass is 16.5. The lowest BCUT2D eigenvalue weighted by molar-refractivity contribution is -0.134. The van der Waals surface area contributed by atoms with Gasteiger partial charge < -0.3 is 25.4 Å². The number of hydrogen-bond acceptors (Lipinski definition) is 4. The molecule has 220 valence electrons. The summed E-state index contributed by atoms with van der Waals surface area (Å²) in [6.45, 7) is 4.15. The molecule has 0 radical (unpaired) electrons. The van der Waals surface area contributed by atoms with E-state index >= 15 is 0 Å². The molecule has 1 fully saturated rings. The number of hydrogen-bond donors (Lipinski definition) is 3. The van der Waals surface area contributed by atoms with Crippen LogP contribution in [0.3, 0.4) is 0 Å². The molecule has 43 heavy (non-hydrogen) atoms. The average molecular weight is 578 g/mol. The Morgan fingerprint density at radius 3 is 2.16 bits per heavy atom. The third-order valence-corrected chi connectivity index (χ3v) is 7.81. The van der Waals surface area contributed by atoms with Gasteiger partial charge in [-0.1, -0.05) is 60.7 Å². The van der Waals surface area contributed by atoms with Gasteiger partial charge in [-0.25, -0.2) is 9.59 Å². The van der Waals surface area contributed by atoms with Crippen molar-refractivity contribution in [2.75, 3.05) is 17.2 Å². The van der Waals surface area contributed by atoms with Crippen molar-refractivity contribution in [2.24, 2.45) is 0 Å². The molecule has 0 bridgehead atoms. The fraction of sp³-hybridized carbons (Fsp3) is 0.229. The van der Waals surface area contributed by atoms with Gasteiger partial charge in [0.25, 0.3) is 0 Å². The van der Waals surface area contributed by atoms with Crippen LogP contribution in [0.15, 0.2) is 97.1 Å². The number of benzene rings is 4. The molecule has 4 aromatic carbocycles. The number of carboxylic acids is 1. The molecular formula is C35H35N3O5. The number of carboxylic acid groups (broad SMARTS) is 1. The number of carbonyl (C=O) groups excluding carboxylic acids is 2. The summed E-state index contributed by atoms with van der Waals surface area (Å²) >= 11 is 0. The van der Waals surface area contributed by atoms with Crippen molar-refractivity contribution < 1.29 is 24.2 Å². The highest BCUT2D eigenvalue weighted by Gasteiger charge is 2.38. The summed E-state index contributed by atoms with van der Waals surface area (Å²) in [5.41, 5.74) is 5.38. The molecule has 1 heterocycles. The molecular weight excluding hydrogens is 542 g/mol. The maximum atomic E-state index is 13.9. The zero-order valence-corrected chi connectivity index (χ0v) is 24.2. The largest absolute Gasteiger partial charge is 0.491 e. The lowest BCUT2D eigenvalue weighted by Crippen LogP contribution is -2.41. The molecule has 0 spiro atoms. The molecule has 1 aliphatic rings. The van der Waals surface area contributed by atoms with Crippen molar-refractivity contribution in [1.82, 2.24) is 4.90 Å². The number of para-hydroxylation sites is 1. The summed E-state index contributed by atoms with van der Waals surface area (Å²) in [5.74, 6) is -0.432. The first-order valence-electron chi connectivity index (χ1n) is 14.3. The Balaban J connectivity index is 1.27. The predicted octanol–water partition coefficient (Wildman–Crippen LogP) is 7.00. The predicted molar refractivity (Wildman–Crippen MR) is 167 cm³/mol. The van der Waals surface area contributed by atoms with Gasteiger partial charge in [-0.2, -0.15) is 0 Å². The monoisotopic (exact) mass is 577 g/mol. The van der Waals surface area contributed by atoms with E-state index in [1.165, 1.54) is 12.1 Å². The van der Waals surface area contributed by atoms with Crippen molar-refractivity contribution in [3.8, 4) is 5.75 Å². The van der Waals surface area contributed by atoms with Crippen LogP contribution in [0.2, 0.25) is 0 Å². The lowest BCUT2D eigenvalue weighted by atomic mass is 10.0. The van der Waals surface area contributed by atoms with Gasteiger partial charge in [0.1, 0.15) is 12.4 Å². The third kappa shape index (κ3) is 7.22. The highest BCUT2D eigenvalue weighted by Crippen LogP contribution is 2.37. The van der Waals surface area contributed by atoms with E-state index in [2.05, 4.69) is 10.6 Å². The SMILES string of the molecule is Cc1ccccc1NC(=O)Nc1ccc(CC(=O)N2C(COc3ccc(C(=O)O)cc3)CCC2c2ccccc2)cc1C. The average Bonchev–Trinajstić information content (AvgIpc) is 3.43. The van der Waals surface area contributed by atoms with Crippen LogP contribution in [-0.4, -0.2) is 40.6 Å². The highest BCUT2D eigenvalue weighted by molar-refractivity contribution is 6.00. The van der Waals surface area contributed by atoms with Gasteiger partial charge >= 0.3 is 12.0 Å². The minimum atomic E-state index is -0.991. The molecule has 4 aromatic rings. The number of urea groups is 1. The van der Waals surface area contributed by atoms with E-state index in [1.54, 1.807) is 12.1 Å². The fourth-order valence-corrected chi connectivity index (χ4v) is 5.54. The number of nitrogens with one attached hydrogen (secondary N) is 2. The zero-order valence-electron chi connectivity index (χ0n) is 24.2. The number of rotatable bonds is 9. The summed E-state index contributed by atoms with van der Waals surface area (Å²) in [6.07, 6.45) is 1.82. The van der Waals surface area contributed by atoms with Gasteiger partial charge in [-0.05, 0) is 85.3 Å². The molecule has 5 rings (SSSR count). The number of likely N-dealkylation sites (tertiary alicyclic amines) is 1. The van der Waals surface area contributed by atoms with Crippen molar-refractivity contribution in [2.45, 2.75) is 45.2 Å².